The average molecular weight is 381 g/mol. The van der Waals surface area contributed by atoms with Crippen molar-refractivity contribution in [2.45, 2.75) is 0 Å². The molecule has 0 spiro atoms. The lowest BCUT2D eigenvalue weighted by Gasteiger charge is -2.04. The van der Waals surface area contributed by atoms with Crippen LogP contribution >= 0.6 is 11.3 Å². The van der Waals surface area contributed by atoms with Gasteiger partial charge in [-0.25, -0.2) is 9.78 Å². The Bertz CT molecular complexity index is 1040. The number of thiophene rings is 1. The van der Waals surface area contributed by atoms with Crippen LogP contribution in [-0.4, -0.2) is 29.4 Å². The number of hydrogen-bond donors (Lipinski definition) is 2. The van der Waals surface area contributed by atoms with Gasteiger partial charge in [0, 0.05) is 11.5 Å². The van der Waals surface area contributed by atoms with E-state index in [1.54, 1.807) is 11.4 Å². The van der Waals surface area contributed by atoms with Gasteiger partial charge in [-0.3, -0.25) is 9.59 Å². The molecular formula is C19H15N3O4S. The number of carbonyl (C=O) groups excluding carboxylic acids is 3. The van der Waals surface area contributed by atoms with E-state index in [1.165, 1.54) is 18.2 Å². The van der Waals surface area contributed by atoms with Crippen LogP contribution in [0.5, 0.6) is 0 Å². The summed E-state index contributed by atoms with van der Waals surface area (Å²) in [5.74, 6) is -1.89. The summed E-state index contributed by atoms with van der Waals surface area (Å²) in [6, 6.07) is 12.8. The highest BCUT2D eigenvalue weighted by Crippen LogP contribution is 2.22. The third-order valence-corrected chi connectivity index (χ3v) is 4.37. The molecule has 136 valence electrons. The fourth-order valence-electron chi connectivity index (χ4n) is 2.28. The normalized spacial score (nSPS) is 10.8. The molecule has 3 rings (SSSR count). The molecule has 0 saturated carbocycles. The largest absolute Gasteiger partial charge is 0.452 e. The maximum atomic E-state index is 11.8. The summed E-state index contributed by atoms with van der Waals surface area (Å²) < 4.78 is 4.89. The molecule has 2 amide bonds. The third-order valence-electron chi connectivity index (χ3n) is 3.54. The number of para-hydroxylation sites is 1. The lowest BCUT2D eigenvalue weighted by Crippen LogP contribution is -2.21. The number of rotatable bonds is 6. The maximum Gasteiger partial charge on any atom is 0.331 e. The quantitative estimate of drug-likeness (QED) is 0.503. The van der Waals surface area contributed by atoms with Gasteiger partial charge >= 0.3 is 5.97 Å². The number of hydrogen-bond acceptors (Lipinski definition) is 6. The number of ether oxygens (including phenoxy) is 1. The van der Waals surface area contributed by atoms with Gasteiger partial charge in [-0.1, -0.05) is 24.3 Å². The highest BCUT2D eigenvalue weighted by molar-refractivity contribution is 7.14. The van der Waals surface area contributed by atoms with E-state index in [9.17, 15) is 14.4 Å². The molecule has 0 saturated heterocycles. The van der Waals surface area contributed by atoms with Crippen LogP contribution in [0.4, 0.5) is 5.00 Å². The summed E-state index contributed by atoms with van der Waals surface area (Å²) in [6.07, 6.45) is 2.71. The minimum atomic E-state index is -0.679. The number of nitrogens with one attached hydrogen (secondary N) is 1. The SMILES string of the molecule is NC(=O)c1ccsc1NC(=O)COC(=O)/C=C/c1ccc2ccccc2n1. The number of amides is 2. The Balaban J connectivity index is 1.54. The molecule has 2 heterocycles. The summed E-state index contributed by atoms with van der Waals surface area (Å²) in [6.45, 7) is -0.482. The predicted molar refractivity (Wildman–Crippen MR) is 103 cm³/mol. The Labute approximate surface area is 158 Å². The third kappa shape index (κ3) is 4.77. The molecule has 0 aliphatic carbocycles. The van der Waals surface area contributed by atoms with Crippen molar-refractivity contribution in [1.82, 2.24) is 4.98 Å². The fourth-order valence-corrected chi connectivity index (χ4v) is 3.08. The summed E-state index contributed by atoms with van der Waals surface area (Å²) in [4.78, 5) is 39.2. The zero-order valence-corrected chi connectivity index (χ0v) is 14.9. The smallest absolute Gasteiger partial charge is 0.331 e. The Morgan fingerprint density at radius 1 is 1.15 bits per heavy atom. The molecule has 0 aliphatic heterocycles. The molecular weight excluding hydrogens is 366 g/mol. The molecule has 2 aromatic heterocycles. The number of primary amides is 1. The number of carbonyl (C=O) groups is 3. The van der Waals surface area contributed by atoms with Gasteiger partial charge in [0.05, 0.1) is 16.8 Å². The lowest BCUT2D eigenvalue weighted by molar-refractivity contribution is -0.142. The average Bonchev–Trinajstić information content (AvgIpc) is 3.13. The highest BCUT2D eigenvalue weighted by atomic mass is 32.1. The number of nitrogens with two attached hydrogens (primary N) is 1. The molecule has 0 unspecified atom stereocenters. The van der Waals surface area contributed by atoms with E-state index in [4.69, 9.17) is 10.5 Å². The molecule has 3 aromatic rings. The van der Waals surface area contributed by atoms with Gasteiger partial charge in [0.1, 0.15) is 5.00 Å². The van der Waals surface area contributed by atoms with Gasteiger partial charge in [0.25, 0.3) is 11.8 Å². The number of fused-ring (bicyclic) bond motifs is 1. The summed E-state index contributed by atoms with van der Waals surface area (Å²) in [7, 11) is 0. The molecule has 0 bridgehead atoms. The van der Waals surface area contributed by atoms with Gasteiger partial charge in [-0.15, -0.1) is 11.3 Å². The summed E-state index contributed by atoms with van der Waals surface area (Å²) >= 11 is 1.15. The molecule has 0 atom stereocenters. The fraction of sp³-hybridized carbons (Fsp3) is 0.0526. The number of esters is 1. The summed E-state index contributed by atoms with van der Waals surface area (Å²) in [5, 5.41) is 5.43. The second kappa shape index (κ2) is 8.24. The number of pyridine rings is 1. The van der Waals surface area contributed by atoms with Crippen LogP contribution in [0.1, 0.15) is 16.1 Å². The maximum absolute atomic E-state index is 11.8. The first kappa shape index (κ1) is 18.3. The van der Waals surface area contributed by atoms with Gasteiger partial charge in [0.15, 0.2) is 6.61 Å². The van der Waals surface area contributed by atoms with Crippen LogP contribution in [0.2, 0.25) is 0 Å². The van der Waals surface area contributed by atoms with E-state index in [1.807, 2.05) is 30.3 Å². The van der Waals surface area contributed by atoms with Crippen molar-refractivity contribution in [3.05, 3.63) is 65.2 Å². The molecule has 1 aromatic carbocycles. The second-order valence-corrected chi connectivity index (χ2v) is 6.36. The Morgan fingerprint density at radius 3 is 2.78 bits per heavy atom. The van der Waals surface area contributed by atoms with Crippen molar-refractivity contribution in [2.24, 2.45) is 5.73 Å². The molecule has 0 fully saturated rings. The van der Waals surface area contributed by atoms with Crippen LogP contribution in [0.25, 0.3) is 17.0 Å². The lowest BCUT2D eigenvalue weighted by atomic mass is 10.2. The number of benzene rings is 1. The van der Waals surface area contributed by atoms with E-state index in [2.05, 4.69) is 10.3 Å². The van der Waals surface area contributed by atoms with Gasteiger partial charge in [-0.2, -0.15) is 0 Å². The van der Waals surface area contributed by atoms with Gasteiger partial charge in [0.2, 0.25) is 0 Å². The van der Waals surface area contributed by atoms with Crippen molar-refractivity contribution in [1.29, 1.82) is 0 Å². The second-order valence-electron chi connectivity index (χ2n) is 5.45. The van der Waals surface area contributed by atoms with Crippen LogP contribution in [0.15, 0.2) is 53.9 Å². The van der Waals surface area contributed by atoms with E-state index in [-0.39, 0.29) is 5.56 Å². The first-order valence-corrected chi connectivity index (χ1v) is 8.78. The monoisotopic (exact) mass is 381 g/mol. The molecule has 0 radical (unpaired) electrons. The molecule has 3 N–H and O–H groups in total. The van der Waals surface area contributed by atoms with Crippen LogP contribution < -0.4 is 11.1 Å². The van der Waals surface area contributed by atoms with Crippen molar-refractivity contribution in [3.63, 3.8) is 0 Å². The predicted octanol–water partition coefficient (Wildman–Crippen LogP) is 2.59. The minimum absolute atomic E-state index is 0.210. The number of anilines is 1. The highest BCUT2D eigenvalue weighted by Gasteiger charge is 2.13. The minimum Gasteiger partial charge on any atom is -0.452 e. The molecule has 7 nitrogen and oxygen atoms in total. The zero-order valence-electron chi connectivity index (χ0n) is 14.0. The molecule has 0 aliphatic rings. The number of nitrogens with zero attached hydrogens (tertiary/aromatic N) is 1. The van der Waals surface area contributed by atoms with Gasteiger partial charge in [-0.05, 0) is 29.7 Å². The van der Waals surface area contributed by atoms with E-state index >= 15 is 0 Å². The van der Waals surface area contributed by atoms with Crippen molar-refractivity contribution < 1.29 is 19.1 Å². The standard InChI is InChI=1S/C19H15N3O4S/c20-18(25)14-9-10-27-19(14)22-16(23)11-26-17(24)8-7-13-6-5-12-3-1-2-4-15(12)21-13/h1-10H,11H2,(H2,20,25)(H,22,23)/b8-7+. The van der Waals surface area contributed by atoms with E-state index in [0.717, 1.165) is 22.2 Å². The first-order chi connectivity index (χ1) is 13.0. The summed E-state index contributed by atoms with van der Waals surface area (Å²) in [5.41, 5.74) is 6.82. The van der Waals surface area contributed by atoms with Gasteiger partial charge < -0.3 is 15.8 Å². The van der Waals surface area contributed by atoms with Crippen molar-refractivity contribution in [2.75, 3.05) is 11.9 Å². The zero-order chi connectivity index (χ0) is 19.2. The van der Waals surface area contributed by atoms with E-state index < -0.39 is 24.4 Å². The van der Waals surface area contributed by atoms with Crippen LogP contribution in [0, 0.1) is 0 Å². The van der Waals surface area contributed by atoms with Crippen LogP contribution in [0.3, 0.4) is 0 Å². The topological polar surface area (TPSA) is 111 Å². The van der Waals surface area contributed by atoms with E-state index in [0.29, 0.717) is 10.7 Å². The Morgan fingerprint density at radius 2 is 1.96 bits per heavy atom. The number of aromatic nitrogens is 1. The van der Waals surface area contributed by atoms with Crippen molar-refractivity contribution in [3.8, 4) is 0 Å². The first-order valence-electron chi connectivity index (χ1n) is 7.91. The Kier molecular flexibility index (Phi) is 5.58. The van der Waals surface area contributed by atoms with Crippen LogP contribution in [-0.2, 0) is 14.3 Å². The Hall–Kier alpha value is -3.52. The molecule has 27 heavy (non-hydrogen) atoms. The molecule has 8 heteroatoms. The van der Waals surface area contributed by atoms with Crippen molar-refractivity contribution >= 4 is 51.1 Å².